The summed E-state index contributed by atoms with van der Waals surface area (Å²) in [5.74, 6) is -0.438. The number of hydrogen-bond donors (Lipinski definition) is 0. The highest BCUT2D eigenvalue weighted by Gasteiger charge is 2.15. The lowest BCUT2D eigenvalue weighted by atomic mass is 10.1. The van der Waals surface area contributed by atoms with Gasteiger partial charge in [0.15, 0.2) is 0 Å². The van der Waals surface area contributed by atoms with Crippen LogP contribution in [0.2, 0.25) is 0 Å². The Balaban J connectivity index is 2.43. The zero-order valence-electron chi connectivity index (χ0n) is 10.4. The van der Waals surface area contributed by atoms with Gasteiger partial charge in [0.1, 0.15) is 6.07 Å². The minimum Gasteiger partial charge on any atom is -0.465 e. The van der Waals surface area contributed by atoms with Crippen molar-refractivity contribution in [3.8, 4) is 6.07 Å². The number of pyridine rings is 1. The number of nitriles is 1. The Morgan fingerprint density at radius 2 is 2.20 bits per heavy atom. The van der Waals surface area contributed by atoms with Crippen LogP contribution in [0.15, 0.2) is 30.6 Å². The fraction of sp³-hybridized carbons (Fsp3) is 0.0714. The molecule has 98 valence electrons. The fourth-order valence-electron chi connectivity index (χ4n) is 2.23. The number of aromatic nitrogens is 2. The molecular weight excluding hydrogens is 278 g/mol. The molecule has 6 heteroatoms. The number of nitrogens with zero attached hydrogens (tertiary/aromatic N) is 3. The van der Waals surface area contributed by atoms with Gasteiger partial charge in [-0.15, -0.1) is 0 Å². The van der Waals surface area contributed by atoms with Crippen LogP contribution in [0.5, 0.6) is 0 Å². The van der Waals surface area contributed by atoms with E-state index in [1.807, 2.05) is 0 Å². The first kappa shape index (κ1) is 12.5. The molecule has 0 aliphatic heterocycles. The van der Waals surface area contributed by atoms with Gasteiger partial charge in [0.2, 0.25) is 0 Å². The average Bonchev–Trinajstić information content (AvgIpc) is 2.79. The van der Waals surface area contributed by atoms with E-state index in [2.05, 4.69) is 15.8 Å². The maximum Gasteiger partial charge on any atom is 0.337 e. The third kappa shape index (κ3) is 1.63. The first-order valence-corrected chi connectivity index (χ1v) is 6.08. The third-order valence-electron chi connectivity index (χ3n) is 3.15. The first-order chi connectivity index (χ1) is 9.67. The Kier molecular flexibility index (Phi) is 2.81. The van der Waals surface area contributed by atoms with E-state index in [4.69, 9.17) is 17.0 Å². The average molecular weight is 286 g/mol. The van der Waals surface area contributed by atoms with E-state index in [9.17, 15) is 4.79 Å². The number of carbonyl (C=O) groups excluding carboxylic acids is 1. The van der Waals surface area contributed by atoms with Crippen molar-refractivity contribution in [1.29, 1.82) is 5.26 Å². The van der Waals surface area contributed by atoms with Crippen LogP contribution in [0.3, 0.4) is 0 Å². The molecule has 3 rings (SSSR count). The maximum absolute atomic E-state index is 11.6. The Hall–Kier alpha value is -2.58. The lowest BCUT2D eigenvalue weighted by Crippen LogP contribution is -2.00. The van der Waals surface area contributed by atoms with Gasteiger partial charge < -0.3 is 4.74 Å². The Labute approximate surface area is 119 Å². The topological polar surface area (TPSA) is 67.9 Å². The summed E-state index contributed by atoms with van der Waals surface area (Å²) in [6.45, 7) is 0. The zero-order chi connectivity index (χ0) is 14.3. The summed E-state index contributed by atoms with van der Waals surface area (Å²) >= 11 is 6.28. The van der Waals surface area contributed by atoms with Gasteiger partial charge >= 0.3 is 5.97 Å². The van der Waals surface area contributed by atoms with E-state index in [1.165, 1.54) is 17.4 Å². The summed E-state index contributed by atoms with van der Waals surface area (Å²) in [7, 11) is 1.32. The Bertz CT molecular complexity index is 893. The number of hydrogen-bond acceptors (Lipinski definition) is 4. The van der Waals surface area contributed by atoms with Gasteiger partial charge in [-0.1, -0.05) is 6.07 Å². The van der Waals surface area contributed by atoms with E-state index in [-0.39, 0.29) is 0 Å². The number of fused-ring (bicyclic) bond motifs is 3. The second kappa shape index (κ2) is 4.51. The van der Waals surface area contributed by atoms with E-state index >= 15 is 0 Å². The minimum absolute atomic E-state index is 0.383. The van der Waals surface area contributed by atoms with Gasteiger partial charge in [-0.25, -0.2) is 4.79 Å². The van der Waals surface area contributed by atoms with Crippen LogP contribution < -0.4 is 0 Å². The normalized spacial score (nSPS) is 10.7. The summed E-state index contributed by atoms with van der Waals surface area (Å²) < 4.78 is 6.06. The van der Waals surface area contributed by atoms with Gasteiger partial charge in [0.05, 0.1) is 29.3 Å². The highest BCUT2D eigenvalue weighted by atomic mass is 35.5. The second-order valence-corrected chi connectivity index (χ2v) is 4.54. The van der Waals surface area contributed by atoms with E-state index in [0.29, 0.717) is 22.2 Å². The lowest BCUT2D eigenvalue weighted by molar-refractivity contribution is 0.0601. The van der Waals surface area contributed by atoms with E-state index < -0.39 is 5.97 Å². The second-order valence-electron chi connectivity index (χ2n) is 4.20. The molecule has 0 saturated heterocycles. The molecule has 0 fully saturated rings. The quantitative estimate of drug-likeness (QED) is 0.645. The molecule has 1 aromatic carbocycles. The van der Waals surface area contributed by atoms with Crippen LogP contribution in [-0.4, -0.2) is 22.1 Å². The molecule has 0 atom stereocenters. The molecule has 0 spiro atoms. The SMILES string of the molecule is COC(=O)c1ccc2c3cncc(C#N)c3n(Cl)c2c1. The number of benzene rings is 1. The van der Waals surface area contributed by atoms with Gasteiger partial charge in [-0.3, -0.25) is 9.07 Å². The van der Waals surface area contributed by atoms with Crippen molar-refractivity contribution in [2.75, 3.05) is 7.11 Å². The largest absolute Gasteiger partial charge is 0.465 e. The molecule has 0 amide bonds. The van der Waals surface area contributed by atoms with E-state index in [0.717, 1.165) is 10.8 Å². The molecule has 0 unspecified atom stereocenters. The molecule has 0 aliphatic rings. The molecule has 0 N–H and O–H groups in total. The van der Waals surface area contributed by atoms with Gasteiger partial charge in [-0.2, -0.15) is 5.26 Å². The van der Waals surface area contributed by atoms with Crippen molar-refractivity contribution in [2.45, 2.75) is 0 Å². The van der Waals surface area contributed by atoms with Crippen molar-refractivity contribution in [3.05, 3.63) is 41.7 Å². The third-order valence-corrected chi connectivity index (χ3v) is 3.51. The van der Waals surface area contributed by atoms with Crippen molar-refractivity contribution < 1.29 is 9.53 Å². The predicted molar refractivity (Wildman–Crippen MR) is 74.5 cm³/mol. The van der Waals surface area contributed by atoms with Crippen molar-refractivity contribution in [1.82, 2.24) is 9.07 Å². The number of rotatable bonds is 1. The summed E-state index contributed by atoms with van der Waals surface area (Å²) in [4.78, 5) is 15.6. The van der Waals surface area contributed by atoms with Crippen molar-refractivity contribution in [2.24, 2.45) is 0 Å². The zero-order valence-corrected chi connectivity index (χ0v) is 11.2. The summed E-state index contributed by atoms with van der Waals surface area (Å²) in [6.07, 6.45) is 3.11. The maximum atomic E-state index is 11.6. The van der Waals surface area contributed by atoms with Crippen molar-refractivity contribution >= 4 is 39.6 Å². The van der Waals surface area contributed by atoms with Crippen LogP contribution in [0.1, 0.15) is 15.9 Å². The van der Waals surface area contributed by atoms with Crippen LogP contribution in [0, 0.1) is 11.3 Å². The summed E-state index contributed by atoms with van der Waals surface area (Å²) in [5.41, 5.74) is 2.00. The molecular formula is C14H8ClN3O2. The molecule has 3 aromatic rings. The smallest absolute Gasteiger partial charge is 0.337 e. The summed E-state index contributed by atoms with van der Waals surface area (Å²) in [6, 6.07) is 7.12. The molecule has 20 heavy (non-hydrogen) atoms. The standard InChI is InChI=1S/C14H8ClN3O2/c1-20-14(19)8-2-3-10-11-7-17-6-9(5-16)13(11)18(15)12(10)4-8/h2-4,6-7H,1H3. The number of halogens is 1. The minimum atomic E-state index is -0.438. The molecule has 0 bridgehead atoms. The number of ether oxygens (including phenoxy) is 1. The van der Waals surface area contributed by atoms with Gasteiger partial charge in [-0.05, 0) is 12.1 Å². The number of esters is 1. The number of carbonyl (C=O) groups is 1. The molecule has 0 aliphatic carbocycles. The van der Waals surface area contributed by atoms with Crippen LogP contribution in [0.4, 0.5) is 0 Å². The first-order valence-electron chi connectivity index (χ1n) is 5.74. The van der Waals surface area contributed by atoms with Crippen molar-refractivity contribution in [3.63, 3.8) is 0 Å². The van der Waals surface area contributed by atoms with Gasteiger partial charge in [0.25, 0.3) is 0 Å². The predicted octanol–water partition coefficient (Wildman–Crippen LogP) is 2.85. The molecule has 0 saturated carbocycles. The van der Waals surface area contributed by atoms with Crippen LogP contribution in [-0.2, 0) is 4.74 Å². The lowest BCUT2D eigenvalue weighted by Gasteiger charge is -2.00. The Morgan fingerprint density at radius 3 is 2.90 bits per heavy atom. The fourth-order valence-corrected chi connectivity index (χ4v) is 2.55. The summed E-state index contributed by atoms with van der Waals surface area (Å²) in [5, 5.41) is 10.7. The Morgan fingerprint density at radius 1 is 1.40 bits per heavy atom. The molecule has 5 nitrogen and oxygen atoms in total. The number of methoxy groups -OCH3 is 1. The van der Waals surface area contributed by atoms with Crippen LogP contribution in [0.25, 0.3) is 21.8 Å². The molecule has 2 aromatic heterocycles. The molecule has 0 radical (unpaired) electrons. The highest BCUT2D eigenvalue weighted by Crippen LogP contribution is 2.31. The highest BCUT2D eigenvalue weighted by molar-refractivity contribution is 6.27. The molecule has 2 heterocycles. The van der Waals surface area contributed by atoms with Crippen LogP contribution >= 0.6 is 11.8 Å². The monoisotopic (exact) mass is 285 g/mol. The van der Waals surface area contributed by atoms with Gasteiger partial charge in [0, 0.05) is 34.9 Å². The van der Waals surface area contributed by atoms with E-state index in [1.54, 1.807) is 24.4 Å².